The van der Waals surface area contributed by atoms with Gasteiger partial charge in [-0.1, -0.05) is 17.7 Å². The van der Waals surface area contributed by atoms with Crippen molar-refractivity contribution in [2.24, 2.45) is 0 Å². The van der Waals surface area contributed by atoms with E-state index in [0.29, 0.717) is 35.4 Å². The van der Waals surface area contributed by atoms with Crippen molar-refractivity contribution in [1.82, 2.24) is 14.9 Å². The van der Waals surface area contributed by atoms with Gasteiger partial charge in [0.25, 0.3) is 5.56 Å². The third kappa shape index (κ3) is 3.91. The highest BCUT2D eigenvalue weighted by Gasteiger charge is 2.24. The molecule has 1 aromatic carbocycles. The van der Waals surface area contributed by atoms with Gasteiger partial charge >= 0.3 is 6.09 Å². The van der Waals surface area contributed by atoms with Crippen LogP contribution in [0.1, 0.15) is 29.9 Å². The lowest BCUT2D eigenvalue weighted by atomic mass is 9.87. The lowest BCUT2D eigenvalue weighted by molar-refractivity contribution is 0.132. The Bertz CT molecular complexity index is 1140. The number of benzene rings is 1. The maximum atomic E-state index is 12.3. The average molecular weight is 413 g/mol. The molecule has 1 amide bonds. The summed E-state index contributed by atoms with van der Waals surface area (Å²) in [6.07, 6.45) is 2.36. The van der Waals surface area contributed by atoms with E-state index in [-0.39, 0.29) is 5.56 Å². The number of amides is 1. The number of anilines is 2. The number of fused-ring (bicyclic) bond motifs is 1. The van der Waals surface area contributed by atoms with E-state index in [0.717, 1.165) is 29.5 Å². The molecule has 0 spiro atoms. The molecule has 0 saturated carbocycles. The van der Waals surface area contributed by atoms with E-state index in [4.69, 9.17) is 16.7 Å². The zero-order valence-electron chi connectivity index (χ0n) is 15.9. The van der Waals surface area contributed by atoms with Crippen molar-refractivity contribution < 1.29 is 9.90 Å². The number of pyridine rings is 2. The number of hydrogen-bond acceptors (Lipinski definition) is 4. The van der Waals surface area contributed by atoms with Gasteiger partial charge in [-0.2, -0.15) is 0 Å². The number of aryl methyl sites for hydroxylation is 1. The summed E-state index contributed by atoms with van der Waals surface area (Å²) in [7, 11) is 0. The molecule has 0 unspecified atom stereocenters. The van der Waals surface area contributed by atoms with E-state index in [1.807, 2.05) is 19.1 Å². The normalized spacial score (nSPS) is 14.9. The molecule has 4 rings (SSSR count). The number of carbonyl (C=O) groups is 1. The van der Waals surface area contributed by atoms with Gasteiger partial charge in [0.15, 0.2) is 0 Å². The third-order valence-corrected chi connectivity index (χ3v) is 5.65. The number of carboxylic acid groups (broad SMARTS) is 1. The summed E-state index contributed by atoms with van der Waals surface area (Å²) >= 11 is 6.13. The number of hydrogen-bond donors (Lipinski definition) is 3. The Morgan fingerprint density at radius 2 is 2.03 bits per heavy atom. The van der Waals surface area contributed by atoms with Crippen LogP contribution in [0, 0.1) is 6.92 Å². The fourth-order valence-electron chi connectivity index (χ4n) is 4.00. The van der Waals surface area contributed by atoms with Crippen molar-refractivity contribution in [2.45, 2.75) is 25.7 Å². The molecular formula is C21H21ClN4O3. The number of aromatic amines is 1. The molecule has 1 fully saturated rings. The summed E-state index contributed by atoms with van der Waals surface area (Å²) in [5, 5.41) is 13.8. The minimum absolute atomic E-state index is 0.229. The van der Waals surface area contributed by atoms with Crippen LogP contribution in [0.4, 0.5) is 16.3 Å². The second kappa shape index (κ2) is 7.75. The van der Waals surface area contributed by atoms with Crippen molar-refractivity contribution >= 4 is 40.0 Å². The summed E-state index contributed by atoms with van der Waals surface area (Å²) in [5.41, 5.74) is 2.92. The van der Waals surface area contributed by atoms with Crippen LogP contribution in [0.5, 0.6) is 0 Å². The van der Waals surface area contributed by atoms with E-state index in [1.165, 1.54) is 10.5 Å². The second-order valence-electron chi connectivity index (χ2n) is 7.30. The Morgan fingerprint density at radius 3 is 2.72 bits per heavy atom. The molecule has 0 radical (unpaired) electrons. The first kappa shape index (κ1) is 19.3. The summed E-state index contributed by atoms with van der Waals surface area (Å²) in [4.78, 5) is 31.8. The minimum atomic E-state index is -0.851. The quantitative estimate of drug-likeness (QED) is 0.550. The highest BCUT2D eigenvalue weighted by atomic mass is 35.5. The van der Waals surface area contributed by atoms with Crippen molar-refractivity contribution in [1.29, 1.82) is 0 Å². The lowest BCUT2D eigenvalue weighted by Gasteiger charge is -2.31. The number of rotatable bonds is 3. The van der Waals surface area contributed by atoms with Crippen LogP contribution in [0.2, 0.25) is 5.15 Å². The van der Waals surface area contributed by atoms with Gasteiger partial charge in [0.05, 0.1) is 5.39 Å². The van der Waals surface area contributed by atoms with E-state index < -0.39 is 6.09 Å². The topological polar surface area (TPSA) is 98.3 Å². The Labute approximate surface area is 172 Å². The number of H-pyrrole nitrogens is 1. The smallest absolute Gasteiger partial charge is 0.407 e. The number of nitrogens with one attached hydrogen (secondary N) is 2. The molecule has 29 heavy (non-hydrogen) atoms. The van der Waals surface area contributed by atoms with E-state index in [9.17, 15) is 9.59 Å². The summed E-state index contributed by atoms with van der Waals surface area (Å²) in [5.74, 6) is 0.754. The molecule has 3 aromatic rings. The first-order chi connectivity index (χ1) is 13.9. The Morgan fingerprint density at radius 1 is 1.28 bits per heavy atom. The first-order valence-corrected chi connectivity index (χ1v) is 9.83. The maximum absolute atomic E-state index is 12.3. The van der Waals surface area contributed by atoms with Gasteiger partial charge in [-0.15, -0.1) is 0 Å². The SMILES string of the molecule is Cc1cc(Nc2nc(Cl)cc3cc[nH]c(=O)c23)ccc1C1CCN(C(=O)O)CC1. The molecule has 0 aliphatic carbocycles. The highest BCUT2D eigenvalue weighted by Crippen LogP contribution is 2.32. The molecule has 0 bridgehead atoms. The molecular weight excluding hydrogens is 392 g/mol. The molecule has 8 heteroatoms. The number of piperidine rings is 1. The molecule has 2 aromatic heterocycles. The monoisotopic (exact) mass is 412 g/mol. The molecule has 1 aliphatic rings. The van der Waals surface area contributed by atoms with E-state index in [2.05, 4.69) is 21.4 Å². The fraction of sp³-hybridized carbons (Fsp3) is 0.286. The van der Waals surface area contributed by atoms with Crippen molar-refractivity contribution in [3.05, 3.63) is 63.2 Å². The van der Waals surface area contributed by atoms with Gasteiger partial charge in [-0.05, 0) is 66.5 Å². The van der Waals surface area contributed by atoms with Crippen LogP contribution in [0.3, 0.4) is 0 Å². The molecule has 150 valence electrons. The number of halogens is 1. The van der Waals surface area contributed by atoms with Gasteiger partial charge in [0.2, 0.25) is 0 Å². The molecule has 1 saturated heterocycles. The number of nitrogens with zero attached hydrogens (tertiary/aromatic N) is 2. The molecule has 7 nitrogen and oxygen atoms in total. The van der Waals surface area contributed by atoms with Crippen LogP contribution >= 0.6 is 11.6 Å². The van der Waals surface area contributed by atoms with Crippen LogP contribution in [0.15, 0.2) is 41.3 Å². The van der Waals surface area contributed by atoms with Gasteiger partial charge in [-0.25, -0.2) is 9.78 Å². The van der Waals surface area contributed by atoms with E-state index in [1.54, 1.807) is 18.3 Å². The number of likely N-dealkylation sites (tertiary alicyclic amines) is 1. The molecule has 0 atom stereocenters. The molecule has 1 aliphatic heterocycles. The predicted molar refractivity (Wildman–Crippen MR) is 113 cm³/mol. The molecule has 3 N–H and O–H groups in total. The van der Waals surface area contributed by atoms with Crippen molar-refractivity contribution in [3.63, 3.8) is 0 Å². The van der Waals surface area contributed by atoms with Crippen molar-refractivity contribution in [3.8, 4) is 0 Å². The second-order valence-corrected chi connectivity index (χ2v) is 7.69. The summed E-state index contributed by atoms with van der Waals surface area (Å²) in [6.45, 7) is 3.15. The fourth-order valence-corrected chi connectivity index (χ4v) is 4.20. The van der Waals surface area contributed by atoms with Gasteiger partial charge in [0.1, 0.15) is 11.0 Å². The Kier molecular flexibility index (Phi) is 5.15. The Balaban J connectivity index is 1.59. The van der Waals surface area contributed by atoms with E-state index >= 15 is 0 Å². The zero-order chi connectivity index (χ0) is 20.5. The minimum Gasteiger partial charge on any atom is -0.465 e. The third-order valence-electron chi connectivity index (χ3n) is 5.46. The zero-order valence-corrected chi connectivity index (χ0v) is 16.7. The lowest BCUT2D eigenvalue weighted by Crippen LogP contribution is -2.36. The van der Waals surface area contributed by atoms with Crippen LogP contribution in [-0.2, 0) is 0 Å². The number of aromatic nitrogens is 2. The van der Waals surface area contributed by atoms with Gasteiger partial charge in [-0.3, -0.25) is 4.79 Å². The largest absolute Gasteiger partial charge is 0.465 e. The van der Waals surface area contributed by atoms with Crippen LogP contribution < -0.4 is 10.9 Å². The summed E-state index contributed by atoms with van der Waals surface area (Å²) < 4.78 is 0. The van der Waals surface area contributed by atoms with Crippen LogP contribution in [-0.4, -0.2) is 39.2 Å². The van der Waals surface area contributed by atoms with Crippen molar-refractivity contribution in [2.75, 3.05) is 18.4 Å². The Hall–Kier alpha value is -3.06. The maximum Gasteiger partial charge on any atom is 0.407 e. The molecule has 3 heterocycles. The van der Waals surface area contributed by atoms with Gasteiger partial charge in [0, 0.05) is 25.0 Å². The van der Waals surface area contributed by atoms with Crippen LogP contribution in [0.25, 0.3) is 10.8 Å². The average Bonchev–Trinajstić information content (AvgIpc) is 2.68. The summed E-state index contributed by atoms with van der Waals surface area (Å²) in [6, 6.07) is 9.49. The van der Waals surface area contributed by atoms with Gasteiger partial charge < -0.3 is 20.3 Å². The standard InChI is InChI=1S/C21H21ClN4O3/c1-12-10-15(2-3-16(12)13-5-8-26(9-6-13)21(28)29)24-19-18-14(11-17(22)25-19)4-7-23-20(18)27/h2-4,7,10-11,13H,5-6,8-9H2,1H3,(H,23,27)(H,24,25)(H,28,29). The predicted octanol–water partition coefficient (Wildman–Crippen LogP) is 4.49. The first-order valence-electron chi connectivity index (χ1n) is 9.46. The highest BCUT2D eigenvalue weighted by molar-refractivity contribution is 6.30.